The van der Waals surface area contributed by atoms with E-state index in [1.807, 2.05) is 0 Å². The van der Waals surface area contributed by atoms with Crippen LogP contribution >= 0.6 is 11.8 Å². The molecule has 0 radical (unpaired) electrons. The molecule has 0 spiro atoms. The quantitative estimate of drug-likeness (QED) is 0.835. The third-order valence-electron chi connectivity index (χ3n) is 5.54. The molecule has 2 saturated heterocycles. The van der Waals surface area contributed by atoms with Crippen LogP contribution in [0, 0.1) is 5.92 Å². The smallest absolute Gasteiger partial charge is 0.0435 e. The van der Waals surface area contributed by atoms with Crippen LogP contribution < -0.4 is 5.73 Å². The highest BCUT2D eigenvalue weighted by atomic mass is 32.2. The molecule has 3 heteroatoms. The van der Waals surface area contributed by atoms with Gasteiger partial charge in [0.1, 0.15) is 0 Å². The Hall–Kier alpha value is 0.270. The van der Waals surface area contributed by atoms with Gasteiger partial charge in [-0.15, -0.1) is 0 Å². The maximum absolute atomic E-state index is 6.23. The van der Waals surface area contributed by atoms with Crippen LogP contribution in [0.2, 0.25) is 0 Å². The van der Waals surface area contributed by atoms with Gasteiger partial charge in [0.05, 0.1) is 0 Å². The molecule has 2 heterocycles. The standard InChI is InChI=1S/C15H28N2S/c1-12-9-15(10-16,11-18-12)17-8-4-6-13-5-2-3-7-14(13)17/h12-14H,2-11,16H2,1H3/t12?,13-,14-,15?/m1/s1. The second-order valence-corrected chi connectivity index (χ2v) is 8.13. The number of likely N-dealkylation sites (tertiary alicyclic amines) is 1. The first-order valence-corrected chi connectivity index (χ1v) is 8.88. The van der Waals surface area contributed by atoms with E-state index in [1.165, 1.54) is 57.2 Å². The Bertz CT molecular complexity index is 294. The van der Waals surface area contributed by atoms with E-state index in [-0.39, 0.29) is 0 Å². The van der Waals surface area contributed by atoms with Gasteiger partial charge in [-0.3, -0.25) is 4.90 Å². The molecule has 0 aromatic heterocycles. The Morgan fingerprint density at radius 3 is 2.72 bits per heavy atom. The molecule has 0 bridgehead atoms. The summed E-state index contributed by atoms with van der Waals surface area (Å²) in [6.07, 6.45) is 10.0. The summed E-state index contributed by atoms with van der Waals surface area (Å²) in [5, 5.41) is 0.803. The van der Waals surface area contributed by atoms with E-state index in [9.17, 15) is 0 Å². The molecule has 1 saturated carbocycles. The van der Waals surface area contributed by atoms with Gasteiger partial charge in [-0.05, 0) is 44.6 Å². The van der Waals surface area contributed by atoms with E-state index in [1.54, 1.807) is 0 Å². The van der Waals surface area contributed by atoms with E-state index < -0.39 is 0 Å². The minimum absolute atomic E-state index is 0.338. The van der Waals surface area contributed by atoms with Crippen LogP contribution in [-0.2, 0) is 0 Å². The number of hydrogen-bond donors (Lipinski definition) is 1. The lowest BCUT2D eigenvalue weighted by atomic mass is 9.75. The number of nitrogens with zero attached hydrogens (tertiary/aromatic N) is 1. The van der Waals surface area contributed by atoms with E-state index in [0.717, 1.165) is 23.8 Å². The molecular weight excluding hydrogens is 240 g/mol. The van der Waals surface area contributed by atoms with Gasteiger partial charge in [0.25, 0.3) is 0 Å². The second kappa shape index (κ2) is 5.34. The van der Waals surface area contributed by atoms with Gasteiger partial charge in [-0.1, -0.05) is 19.8 Å². The SMILES string of the molecule is CC1CC(CN)(N2CCC[C@H]3CCCC[C@H]32)CS1. The average molecular weight is 268 g/mol. The molecule has 4 atom stereocenters. The largest absolute Gasteiger partial charge is 0.329 e. The number of fused-ring (bicyclic) bond motifs is 1. The van der Waals surface area contributed by atoms with E-state index in [2.05, 4.69) is 23.6 Å². The molecule has 3 fully saturated rings. The molecule has 2 unspecified atom stereocenters. The lowest BCUT2D eigenvalue weighted by Crippen LogP contribution is -2.62. The summed E-state index contributed by atoms with van der Waals surface area (Å²) in [7, 11) is 0. The van der Waals surface area contributed by atoms with Crippen LogP contribution in [-0.4, -0.2) is 40.6 Å². The summed E-state index contributed by atoms with van der Waals surface area (Å²) < 4.78 is 0. The van der Waals surface area contributed by atoms with Crippen molar-refractivity contribution >= 4 is 11.8 Å². The normalized spacial score (nSPS) is 46.0. The van der Waals surface area contributed by atoms with Crippen molar-refractivity contribution in [1.82, 2.24) is 4.90 Å². The topological polar surface area (TPSA) is 29.3 Å². The van der Waals surface area contributed by atoms with Crippen LogP contribution in [0.3, 0.4) is 0 Å². The molecule has 0 aromatic carbocycles. The van der Waals surface area contributed by atoms with Crippen molar-refractivity contribution in [1.29, 1.82) is 0 Å². The summed E-state index contributed by atoms with van der Waals surface area (Å²) in [5.41, 5.74) is 6.57. The predicted octanol–water partition coefficient (Wildman–Crippen LogP) is 2.86. The first-order valence-electron chi connectivity index (χ1n) is 7.83. The van der Waals surface area contributed by atoms with Crippen molar-refractivity contribution in [2.75, 3.05) is 18.8 Å². The molecule has 0 aromatic rings. The fourth-order valence-electron chi connectivity index (χ4n) is 4.62. The van der Waals surface area contributed by atoms with Crippen LogP contribution in [0.4, 0.5) is 0 Å². The zero-order chi connectivity index (χ0) is 12.6. The molecule has 3 aliphatic rings. The molecule has 2 N–H and O–H groups in total. The second-order valence-electron chi connectivity index (χ2n) is 6.70. The summed E-state index contributed by atoms with van der Waals surface area (Å²) in [6, 6.07) is 0.863. The Balaban J connectivity index is 1.80. The fraction of sp³-hybridized carbons (Fsp3) is 1.00. The number of nitrogens with two attached hydrogens (primary N) is 1. The van der Waals surface area contributed by atoms with Gasteiger partial charge in [-0.25, -0.2) is 0 Å². The van der Waals surface area contributed by atoms with E-state index in [4.69, 9.17) is 5.73 Å². The number of hydrogen-bond acceptors (Lipinski definition) is 3. The van der Waals surface area contributed by atoms with Crippen LogP contribution in [0.15, 0.2) is 0 Å². The summed E-state index contributed by atoms with van der Waals surface area (Å²) >= 11 is 2.14. The monoisotopic (exact) mass is 268 g/mol. The number of piperidine rings is 1. The van der Waals surface area contributed by atoms with Gasteiger partial charge < -0.3 is 5.73 Å². The zero-order valence-electron chi connectivity index (χ0n) is 11.7. The van der Waals surface area contributed by atoms with Crippen molar-refractivity contribution in [2.45, 2.75) is 68.7 Å². The molecule has 0 amide bonds. The van der Waals surface area contributed by atoms with Crippen LogP contribution in [0.25, 0.3) is 0 Å². The Kier molecular flexibility index (Phi) is 3.93. The molecule has 2 aliphatic heterocycles. The maximum Gasteiger partial charge on any atom is 0.0435 e. The third-order valence-corrected chi connectivity index (χ3v) is 6.98. The van der Waals surface area contributed by atoms with Crippen molar-refractivity contribution in [2.24, 2.45) is 11.7 Å². The van der Waals surface area contributed by atoms with Gasteiger partial charge >= 0.3 is 0 Å². The lowest BCUT2D eigenvalue weighted by molar-refractivity contribution is -0.0154. The first-order chi connectivity index (χ1) is 8.75. The fourth-order valence-corrected chi connectivity index (χ4v) is 6.05. The van der Waals surface area contributed by atoms with Crippen molar-refractivity contribution < 1.29 is 0 Å². The predicted molar refractivity (Wildman–Crippen MR) is 80.0 cm³/mol. The van der Waals surface area contributed by atoms with Gasteiger partial charge in [-0.2, -0.15) is 11.8 Å². The van der Waals surface area contributed by atoms with E-state index >= 15 is 0 Å². The molecule has 2 nitrogen and oxygen atoms in total. The first kappa shape index (κ1) is 13.3. The number of thioether (sulfide) groups is 1. The molecule has 104 valence electrons. The maximum atomic E-state index is 6.23. The van der Waals surface area contributed by atoms with Crippen LogP contribution in [0.1, 0.15) is 51.9 Å². The molecule has 18 heavy (non-hydrogen) atoms. The highest BCUT2D eigenvalue weighted by Crippen LogP contribution is 2.45. The molecule has 3 rings (SSSR count). The van der Waals surface area contributed by atoms with Gasteiger partial charge in [0, 0.05) is 29.1 Å². The minimum Gasteiger partial charge on any atom is -0.329 e. The molecule has 1 aliphatic carbocycles. The number of rotatable bonds is 2. The summed E-state index contributed by atoms with van der Waals surface area (Å²) in [6.45, 7) is 4.56. The highest BCUT2D eigenvalue weighted by molar-refractivity contribution is 8.00. The summed E-state index contributed by atoms with van der Waals surface area (Å²) in [4.78, 5) is 2.87. The Labute approximate surface area is 116 Å². The minimum atomic E-state index is 0.338. The van der Waals surface area contributed by atoms with Crippen LogP contribution in [0.5, 0.6) is 0 Å². The molecular formula is C15H28N2S. The third kappa shape index (κ3) is 2.23. The lowest BCUT2D eigenvalue weighted by Gasteiger charge is -2.52. The summed E-state index contributed by atoms with van der Waals surface area (Å²) in [5.74, 6) is 2.25. The van der Waals surface area contributed by atoms with Gasteiger partial charge in [0.15, 0.2) is 0 Å². The van der Waals surface area contributed by atoms with Crippen molar-refractivity contribution in [3.63, 3.8) is 0 Å². The average Bonchev–Trinajstić information content (AvgIpc) is 2.81. The van der Waals surface area contributed by atoms with E-state index in [0.29, 0.717) is 5.54 Å². The highest BCUT2D eigenvalue weighted by Gasteiger charge is 2.47. The Morgan fingerprint density at radius 2 is 2.00 bits per heavy atom. The van der Waals surface area contributed by atoms with Crippen molar-refractivity contribution in [3.8, 4) is 0 Å². The Morgan fingerprint density at radius 1 is 1.22 bits per heavy atom. The van der Waals surface area contributed by atoms with Gasteiger partial charge in [0.2, 0.25) is 0 Å². The zero-order valence-corrected chi connectivity index (χ0v) is 12.6. The van der Waals surface area contributed by atoms with Crippen molar-refractivity contribution in [3.05, 3.63) is 0 Å².